The SMILES string of the molecule is CC(=O)/C=C/C/C(C)=C(\C)CCCOC(C)=O. The molecule has 0 bridgehead atoms. The van der Waals surface area contributed by atoms with E-state index in [-0.39, 0.29) is 11.8 Å². The molecule has 0 unspecified atom stereocenters. The summed E-state index contributed by atoms with van der Waals surface area (Å²) in [5, 5.41) is 0. The normalized spacial score (nSPS) is 12.5. The molecule has 0 aromatic carbocycles. The van der Waals surface area contributed by atoms with E-state index < -0.39 is 0 Å². The molecular formula is C14H22O3. The quantitative estimate of drug-likeness (QED) is 0.296. The van der Waals surface area contributed by atoms with Gasteiger partial charge in [-0.1, -0.05) is 17.2 Å². The fourth-order valence-electron chi connectivity index (χ4n) is 1.34. The van der Waals surface area contributed by atoms with E-state index in [4.69, 9.17) is 4.74 Å². The molecule has 96 valence electrons. The first-order valence-electron chi connectivity index (χ1n) is 5.89. The number of hydrogen-bond acceptors (Lipinski definition) is 3. The molecule has 3 heteroatoms. The Morgan fingerprint density at radius 1 is 1.06 bits per heavy atom. The predicted molar refractivity (Wildman–Crippen MR) is 68.7 cm³/mol. The topological polar surface area (TPSA) is 43.4 Å². The number of allylic oxidation sites excluding steroid dienone is 4. The highest BCUT2D eigenvalue weighted by Gasteiger charge is 1.98. The summed E-state index contributed by atoms with van der Waals surface area (Å²) >= 11 is 0. The summed E-state index contributed by atoms with van der Waals surface area (Å²) in [6, 6.07) is 0. The van der Waals surface area contributed by atoms with Crippen molar-refractivity contribution < 1.29 is 14.3 Å². The number of ether oxygens (including phenoxy) is 1. The van der Waals surface area contributed by atoms with Gasteiger partial charge < -0.3 is 4.74 Å². The van der Waals surface area contributed by atoms with Gasteiger partial charge in [-0.05, 0) is 46.1 Å². The summed E-state index contributed by atoms with van der Waals surface area (Å²) in [4.78, 5) is 21.3. The molecule has 0 aliphatic carbocycles. The van der Waals surface area contributed by atoms with Crippen molar-refractivity contribution in [2.75, 3.05) is 6.61 Å². The molecule has 0 aromatic heterocycles. The lowest BCUT2D eigenvalue weighted by atomic mass is 10.0. The van der Waals surface area contributed by atoms with E-state index >= 15 is 0 Å². The van der Waals surface area contributed by atoms with Gasteiger partial charge in [-0.3, -0.25) is 9.59 Å². The fraction of sp³-hybridized carbons (Fsp3) is 0.571. The van der Waals surface area contributed by atoms with Crippen LogP contribution in [-0.2, 0) is 14.3 Å². The second-order valence-corrected chi connectivity index (χ2v) is 4.22. The van der Waals surface area contributed by atoms with Crippen LogP contribution in [0, 0.1) is 0 Å². The highest BCUT2D eigenvalue weighted by Crippen LogP contribution is 2.14. The summed E-state index contributed by atoms with van der Waals surface area (Å²) in [5.74, 6) is -0.155. The Bertz CT molecular complexity index is 324. The van der Waals surface area contributed by atoms with Crippen molar-refractivity contribution in [2.24, 2.45) is 0 Å². The van der Waals surface area contributed by atoms with Crippen LogP contribution >= 0.6 is 0 Å². The van der Waals surface area contributed by atoms with Crippen LogP contribution in [0.5, 0.6) is 0 Å². The molecule has 0 atom stereocenters. The van der Waals surface area contributed by atoms with E-state index in [9.17, 15) is 9.59 Å². The average Bonchev–Trinajstić information content (AvgIpc) is 2.23. The Hall–Kier alpha value is -1.38. The predicted octanol–water partition coefficient (Wildman–Crippen LogP) is 3.20. The molecule has 0 saturated heterocycles. The van der Waals surface area contributed by atoms with Gasteiger partial charge in [0.2, 0.25) is 0 Å². The van der Waals surface area contributed by atoms with Gasteiger partial charge in [0.15, 0.2) is 5.78 Å². The van der Waals surface area contributed by atoms with Crippen LogP contribution in [0.25, 0.3) is 0 Å². The maximum atomic E-state index is 10.7. The Morgan fingerprint density at radius 3 is 2.24 bits per heavy atom. The average molecular weight is 238 g/mol. The van der Waals surface area contributed by atoms with E-state index in [2.05, 4.69) is 13.8 Å². The van der Waals surface area contributed by atoms with Crippen molar-refractivity contribution in [1.82, 2.24) is 0 Å². The number of esters is 1. The Morgan fingerprint density at radius 2 is 1.71 bits per heavy atom. The lowest BCUT2D eigenvalue weighted by Crippen LogP contribution is -2.00. The van der Waals surface area contributed by atoms with Crippen LogP contribution in [-0.4, -0.2) is 18.4 Å². The summed E-state index contributed by atoms with van der Waals surface area (Å²) in [5.41, 5.74) is 2.57. The highest BCUT2D eigenvalue weighted by atomic mass is 16.5. The molecule has 0 aliphatic heterocycles. The van der Waals surface area contributed by atoms with Crippen molar-refractivity contribution in [3.63, 3.8) is 0 Å². The minimum Gasteiger partial charge on any atom is -0.466 e. The van der Waals surface area contributed by atoms with Gasteiger partial charge in [-0.25, -0.2) is 0 Å². The molecule has 0 aliphatic rings. The van der Waals surface area contributed by atoms with Gasteiger partial charge >= 0.3 is 5.97 Å². The maximum Gasteiger partial charge on any atom is 0.302 e. The van der Waals surface area contributed by atoms with Gasteiger partial charge in [0.05, 0.1) is 6.61 Å². The Balaban J connectivity index is 3.95. The third kappa shape index (κ3) is 9.54. The summed E-state index contributed by atoms with van der Waals surface area (Å²) in [7, 11) is 0. The largest absolute Gasteiger partial charge is 0.466 e. The molecule has 17 heavy (non-hydrogen) atoms. The van der Waals surface area contributed by atoms with Gasteiger partial charge in [0, 0.05) is 6.92 Å². The molecule has 0 aromatic rings. The molecule has 0 N–H and O–H groups in total. The molecule has 0 saturated carbocycles. The number of hydrogen-bond donors (Lipinski definition) is 0. The number of rotatable bonds is 7. The van der Waals surface area contributed by atoms with Gasteiger partial charge in [-0.2, -0.15) is 0 Å². The van der Waals surface area contributed by atoms with Crippen LogP contribution < -0.4 is 0 Å². The first kappa shape index (κ1) is 15.6. The van der Waals surface area contributed by atoms with E-state index in [1.54, 1.807) is 13.0 Å². The molecule has 0 heterocycles. The lowest BCUT2D eigenvalue weighted by molar-refractivity contribution is -0.141. The zero-order valence-electron chi connectivity index (χ0n) is 11.2. The molecule has 0 fully saturated rings. The van der Waals surface area contributed by atoms with Crippen molar-refractivity contribution >= 4 is 11.8 Å². The van der Waals surface area contributed by atoms with E-state index in [0.29, 0.717) is 6.61 Å². The molecular weight excluding hydrogens is 216 g/mol. The first-order chi connectivity index (χ1) is 7.93. The number of ketones is 1. The number of carbonyl (C=O) groups excluding carboxylic acids is 2. The van der Waals surface area contributed by atoms with Crippen molar-refractivity contribution in [2.45, 2.75) is 47.0 Å². The van der Waals surface area contributed by atoms with E-state index in [0.717, 1.165) is 19.3 Å². The van der Waals surface area contributed by atoms with Gasteiger partial charge in [-0.15, -0.1) is 0 Å². The lowest BCUT2D eigenvalue weighted by Gasteiger charge is -2.06. The highest BCUT2D eigenvalue weighted by molar-refractivity contribution is 5.87. The molecule has 0 spiro atoms. The number of carbonyl (C=O) groups is 2. The van der Waals surface area contributed by atoms with Crippen molar-refractivity contribution in [1.29, 1.82) is 0 Å². The van der Waals surface area contributed by atoms with Crippen LogP contribution in [0.2, 0.25) is 0 Å². The Labute approximate surface area is 104 Å². The Kier molecular flexibility index (Phi) is 8.03. The van der Waals surface area contributed by atoms with Crippen LogP contribution in [0.3, 0.4) is 0 Å². The van der Waals surface area contributed by atoms with Crippen LogP contribution in [0.1, 0.15) is 47.0 Å². The van der Waals surface area contributed by atoms with Crippen LogP contribution in [0.15, 0.2) is 23.3 Å². The molecule has 0 rings (SSSR count). The minimum absolute atomic E-state index is 0.0744. The van der Waals surface area contributed by atoms with Gasteiger partial charge in [0.1, 0.15) is 0 Å². The fourth-order valence-corrected chi connectivity index (χ4v) is 1.34. The monoisotopic (exact) mass is 238 g/mol. The summed E-state index contributed by atoms with van der Waals surface area (Å²) in [6.07, 6.45) is 6.05. The van der Waals surface area contributed by atoms with Crippen molar-refractivity contribution in [3.05, 3.63) is 23.3 Å². The summed E-state index contributed by atoms with van der Waals surface area (Å²) in [6.45, 7) is 7.57. The maximum absolute atomic E-state index is 10.7. The molecule has 0 amide bonds. The zero-order valence-corrected chi connectivity index (χ0v) is 11.2. The smallest absolute Gasteiger partial charge is 0.302 e. The minimum atomic E-state index is -0.229. The summed E-state index contributed by atoms with van der Waals surface area (Å²) < 4.78 is 4.86. The molecule has 3 nitrogen and oxygen atoms in total. The van der Waals surface area contributed by atoms with Gasteiger partial charge in [0.25, 0.3) is 0 Å². The molecule has 0 radical (unpaired) electrons. The van der Waals surface area contributed by atoms with Crippen molar-refractivity contribution in [3.8, 4) is 0 Å². The standard InChI is InChI=1S/C14H22O3/c1-11(7-5-9-13(3)15)12(2)8-6-10-17-14(4)16/h5,9H,6-8,10H2,1-4H3/b9-5+,12-11+. The third-order valence-electron chi connectivity index (χ3n) is 2.51. The first-order valence-corrected chi connectivity index (χ1v) is 5.89. The second-order valence-electron chi connectivity index (χ2n) is 4.22. The van der Waals surface area contributed by atoms with E-state index in [1.807, 2.05) is 6.08 Å². The zero-order chi connectivity index (χ0) is 13.3. The van der Waals surface area contributed by atoms with E-state index in [1.165, 1.54) is 18.1 Å². The third-order valence-corrected chi connectivity index (χ3v) is 2.51. The second kappa shape index (κ2) is 8.74. The van der Waals surface area contributed by atoms with Crippen LogP contribution in [0.4, 0.5) is 0 Å².